The lowest BCUT2D eigenvalue weighted by molar-refractivity contribution is 0.0696. The summed E-state index contributed by atoms with van der Waals surface area (Å²) in [6.07, 6.45) is 4.10. The molecule has 2 heterocycles. The van der Waals surface area contributed by atoms with Gasteiger partial charge in [-0.25, -0.2) is 4.79 Å². The molecule has 0 aliphatic heterocycles. The van der Waals surface area contributed by atoms with E-state index in [1.807, 2.05) is 30.5 Å². The molecule has 2 aromatic heterocycles. The fourth-order valence-corrected chi connectivity index (χ4v) is 5.02. The normalized spacial score (nSPS) is 11.3. The Morgan fingerprint density at radius 2 is 1.13 bits per heavy atom. The van der Waals surface area contributed by atoms with Crippen LogP contribution in [-0.4, -0.2) is 26.1 Å². The first-order chi connectivity index (χ1) is 18.4. The molecule has 186 valence electrons. The van der Waals surface area contributed by atoms with Crippen LogP contribution in [0.1, 0.15) is 31.8 Å². The van der Waals surface area contributed by atoms with Gasteiger partial charge in [-0.2, -0.15) is 0 Å². The van der Waals surface area contributed by atoms with Gasteiger partial charge in [-0.1, -0.05) is 48.5 Å². The summed E-state index contributed by atoms with van der Waals surface area (Å²) in [7, 11) is 0. The van der Waals surface area contributed by atoms with Crippen molar-refractivity contribution in [2.75, 3.05) is 0 Å². The Labute approximate surface area is 219 Å². The molecular formula is C32H25N3O3. The van der Waals surface area contributed by atoms with Crippen molar-refractivity contribution in [3.8, 4) is 11.1 Å². The van der Waals surface area contributed by atoms with E-state index in [2.05, 4.69) is 63.9 Å². The van der Waals surface area contributed by atoms with Crippen LogP contribution in [-0.2, 0) is 13.1 Å². The van der Waals surface area contributed by atoms with Crippen molar-refractivity contribution < 1.29 is 14.7 Å². The third kappa shape index (κ3) is 4.44. The Morgan fingerprint density at radius 1 is 0.632 bits per heavy atom. The molecule has 0 fully saturated rings. The Balaban J connectivity index is 1.34. The monoisotopic (exact) mass is 499 g/mol. The quantitative estimate of drug-likeness (QED) is 0.276. The first kappa shape index (κ1) is 23.3. The number of benzene rings is 4. The van der Waals surface area contributed by atoms with Crippen molar-refractivity contribution in [2.45, 2.75) is 13.1 Å². The minimum Gasteiger partial charge on any atom is -0.478 e. The Bertz CT molecular complexity index is 1710. The zero-order chi connectivity index (χ0) is 26.2. The highest BCUT2D eigenvalue weighted by molar-refractivity contribution is 5.93. The lowest BCUT2D eigenvalue weighted by Gasteiger charge is -2.10. The van der Waals surface area contributed by atoms with E-state index in [9.17, 15) is 14.7 Å². The molecule has 6 aromatic rings. The van der Waals surface area contributed by atoms with Gasteiger partial charge in [0.25, 0.3) is 0 Å². The van der Waals surface area contributed by atoms with Crippen molar-refractivity contribution in [3.05, 3.63) is 132 Å². The molecule has 0 atom stereocenters. The van der Waals surface area contributed by atoms with Crippen molar-refractivity contribution in [3.63, 3.8) is 0 Å². The molecule has 0 aliphatic rings. The number of carbonyl (C=O) groups excluding carboxylic acids is 1. The number of aromatic nitrogens is 2. The molecule has 0 radical (unpaired) electrons. The van der Waals surface area contributed by atoms with Gasteiger partial charge in [-0.15, -0.1) is 0 Å². The minimum atomic E-state index is -0.924. The molecule has 1 amide bonds. The zero-order valence-electron chi connectivity index (χ0n) is 20.5. The molecule has 6 rings (SSSR count). The summed E-state index contributed by atoms with van der Waals surface area (Å²) < 4.78 is 4.32. The number of fused-ring (bicyclic) bond motifs is 2. The molecule has 6 heteroatoms. The molecule has 0 spiro atoms. The van der Waals surface area contributed by atoms with Crippen LogP contribution in [0.25, 0.3) is 32.9 Å². The maximum Gasteiger partial charge on any atom is 0.335 e. The van der Waals surface area contributed by atoms with Gasteiger partial charge in [-0.05, 0) is 81.6 Å². The molecule has 0 bridgehead atoms. The van der Waals surface area contributed by atoms with E-state index in [1.54, 1.807) is 24.3 Å². The van der Waals surface area contributed by atoms with Crippen LogP contribution in [0.2, 0.25) is 0 Å². The number of aromatic carboxylic acids is 1. The molecular weight excluding hydrogens is 474 g/mol. The van der Waals surface area contributed by atoms with Crippen molar-refractivity contribution >= 4 is 33.7 Å². The first-order valence-corrected chi connectivity index (χ1v) is 12.3. The van der Waals surface area contributed by atoms with Crippen molar-refractivity contribution in [1.29, 1.82) is 0 Å². The van der Waals surface area contributed by atoms with E-state index in [1.165, 1.54) is 0 Å². The Morgan fingerprint density at radius 3 is 1.63 bits per heavy atom. The van der Waals surface area contributed by atoms with Crippen LogP contribution in [0.5, 0.6) is 0 Å². The largest absolute Gasteiger partial charge is 0.478 e. The average Bonchev–Trinajstić information content (AvgIpc) is 3.52. The highest BCUT2D eigenvalue weighted by atomic mass is 16.4. The molecule has 0 saturated carbocycles. The summed E-state index contributed by atoms with van der Waals surface area (Å²) in [4.78, 5) is 23.0. The Kier molecular flexibility index (Phi) is 5.77. The van der Waals surface area contributed by atoms with Crippen molar-refractivity contribution in [1.82, 2.24) is 9.13 Å². The summed E-state index contributed by atoms with van der Waals surface area (Å²) in [5.41, 5.74) is 12.6. The summed E-state index contributed by atoms with van der Waals surface area (Å²) in [6, 6.07) is 31.5. The van der Waals surface area contributed by atoms with Gasteiger partial charge in [0.15, 0.2) is 0 Å². The second-order valence-electron chi connectivity index (χ2n) is 9.50. The topological polar surface area (TPSA) is 90.3 Å². The van der Waals surface area contributed by atoms with E-state index in [0.29, 0.717) is 18.7 Å². The van der Waals surface area contributed by atoms with Gasteiger partial charge >= 0.3 is 5.97 Å². The SMILES string of the molecule is NC(=O)c1cccc(Cn2ccc3ccc(-c4ccc5ccn(Cc6cccc(C(=O)O)c6)c5c4)cc32)c1. The maximum atomic E-state index is 11.6. The number of carboxylic acid groups (broad SMARTS) is 1. The van der Waals surface area contributed by atoms with Gasteiger partial charge in [-0.3, -0.25) is 4.79 Å². The van der Waals surface area contributed by atoms with E-state index in [4.69, 9.17) is 5.73 Å². The molecule has 0 aliphatic carbocycles. The third-order valence-corrected chi connectivity index (χ3v) is 6.97. The minimum absolute atomic E-state index is 0.289. The number of amides is 1. The smallest absolute Gasteiger partial charge is 0.335 e. The average molecular weight is 500 g/mol. The maximum absolute atomic E-state index is 11.6. The number of rotatable bonds is 7. The van der Waals surface area contributed by atoms with Crippen LogP contribution >= 0.6 is 0 Å². The standard InChI is InChI=1S/C32H25N3O3/c33-31(36)27-5-1-3-21(15-27)19-34-13-11-23-7-9-25(17-29(23)34)26-10-8-24-12-14-35(30(24)18-26)20-22-4-2-6-28(16-22)32(37)38/h1-18H,19-20H2,(H2,33,36)(H,37,38). The van der Waals surface area contributed by atoms with Crippen molar-refractivity contribution in [2.24, 2.45) is 5.73 Å². The van der Waals surface area contributed by atoms with Crippen LogP contribution in [0.4, 0.5) is 0 Å². The van der Waals surface area contributed by atoms with Crippen LogP contribution < -0.4 is 5.73 Å². The van der Waals surface area contributed by atoms with E-state index in [0.717, 1.165) is 44.1 Å². The molecule has 38 heavy (non-hydrogen) atoms. The summed E-state index contributed by atoms with van der Waals surface area (Å²) in [5.74, 6) is -1.35. The van der Waals surface area contributed by atoms with Gasteiger partial charge in [0.1, 0.15) is 0 Å². The van der Waals surface area contributed by atoms with Gasteiger partial charge < -0.3 is 20.0 Å². The fraction of sp³-hybridized carbons (Fsp3) is 0.0625. The number of hydrogen-bond acceptors (Lipinski definition) is 2. The molecule has 4 aromatic carbocycles. The van der Waals surface area contributed by atoms with Crippen LogP contribution in [0.3, 0.4) is 0 Å². The van der Waals surface area contributed by atoms with E-state index < -0.39 is 11.9 Å². The highest BCUT2D eigenvalue weighted by Crippen LogP contribution is 2.29. The highest BCUT2D eigenvalue weighted by Gasteiger charge is 2.10. The lowest BCUT2D eigenvalue weighted by atomic mass is 10.0. The van der Waals surface area contributed by atoms with E-state index >= 15 is 0 Å². The number of primary amides is 1. The summed E-state index contributed by atoms with van der Waals surface area (Å²) in [6.45, 7) is 1.21. The number of carboxylic acids is 1. The van der Waals surface area contributed by atoms with Crippen LogP contribution in [0.15, 0.2) is 109 Å². The number of nitrogens with zero attached hydrogens (tertiary/aromatic N) is 2. The first-order valence-electron chi connectivity index (χ1n) is 12.3. The summed E-state index contributed by atoms with van der Waals surface area (Å²) in [5, 5.41) is 11.6. The molecule has 3 N–H and O–H groups in total. The predicted molar refractivity (Wildman–Crippen MR) is 149 cm³/mol. The van der Waals surface area contributed by atoms with Crippen LogP contribution in [0, 0.1) is 0 Å². The fourth-order valence-electron chi connectivity index (χ4n) is 5.02. The number of hydrogen-bond donors (Lipinski definition) is 2. The Hall–Kier alpha value is -5.10. The third-order valence-electron chi connectivity index (χ3n) is 6.97. The second kappa shape index (κ2) is 9.41. The molecule has 0 saturated heterocycles. The van der Waals surface area contributed by atoms with Gasteiger partial charge in [0.2, 0.25) is 5.91 Å². The van der Waals surface area contributed by atoms with Gasteiger partial charge in [0, 0.05) is 42.1 Å². The number of nitrogens with two attached hydrogens (primary N) is 1. The second-order valence-corrected chi connectivity index (χ2v) is 9.50. The molecule has 6 nitrogen and oxygen atoms in total. The van der Waals surface area contributed by atoms with E-state index in [-0.39, 0.29) is 5.56 Å². The summed E-state index contributed by atoms with van der Waals surface area (Å²) >= 11 is 0. The predicted octanol–water partition coefficient (Wildman–Crippen LogP) is 6.16. The zero-order valence-corrected chi connectivity index (χ0v) is 20.5. The number of carbonyl (C=O) groups is 2. The van der Waals surface area contributed by atoms with Gasteiger partial charge in [0.05, 0.1) is 5.56 Å². The molecule has 0 unspecified atom stereocenters. The lowest BCUT2D eigenvalue weighted by Crippen LogP contribution is -2.11.